The van der Waals surface area contributed by atoms with Gasteiger partial charge in [0.15, 0.2) is 0 Å². The normalized spacial score (nSPS) is 22.9. The van der Waals surface area contributed by atoms with Gasteiger partial charge in [0, 0.05) is 31.3 Å². The fourth-order valence-corrected chi connectivity index (χ4v) is 4.86. The Hall–Kier alpha value is -2.37. The number of amidine groups is 1. The number of ether oxygens (including phenoxy) is 1. The van der Waals surface area contributed by atoms with Crippen molar-refractivity contribution < 1.29 is 9.53 Å². The summed E-state index contributed by atoms with van der Waals surface area (Å²) < 4.78 is 6.53. The van der Waals surface area contributed by atoms with Gasteiger partial charge >= 0.3 is 6.03 Å². The molecule has 3 heterocycles. The van der Waals surface area contributed by atoms with Gasteiger partial charge in [-0.2, -0.15) is 0 Å². The van der Waals surface area contributed by atoms with Crippen LogP contribution in [0.4, 0.5) is 4.79 Å². The number of nitrogens with zero attached hydrogens (tertiary/aromatic N) is 2. The Kier molecular flexibility index (Phi) is 6.33. The highest BCUT2D eigenvalue weighted by Gasteiger charge is 2.41. The molecule has 174 valence electrons. The maximum absolute atomic E-state index is 12.6. The molecular formula is C26H38N4O2. The minimum absolute atomic E-state index is 0.173. The van der Waals surface area contributed by atoms with Gasteiger partial charge in [0.25, 0.3) is 0 Å². The number of fused-ring (bicyclic) bond motifs is 1. The molecule has 6 heteroatoms. The first-order chi connectivity index (χ1) is 15.2. The fourth-order valence-electron chi connectivity index (χ4n) is 4.86. The van der Waals surface area contributed by atoms with Crippen molar-refractivity contribution in [2.45, 2.75) is 84.7 Å². The van der Waals surface area contributed by atoms with Gasteiger partial charge in [0.05, 0.1) is 11.9 Å². The van der Waals surface area contributed by atoms with Crippen LogP contribution in [0.3, 0.4) is 0 Å². The molecular weight excluding hydrogens is 400 g/mol. The number of amides is 2. The number of pyridine rings is 1. The first-order valence-electron chi connectivity index (χ1n) is 12.2. The van der Waals surface area contributed by atoms with Gasteiger partial charge in [-0.15, -0.1) is 0 Å². The van der Waals surface area contributed by atoms with Gasteiger partial charge in [-0.05, 0) is 61.6 Å². The minimum Gasteiger partial charge on any atom is -0.485 e. The second-order valence-electron chi connectivity index (χ2n) is 11.0. The number of nitrogens with one attached hydrogen (secondary N) is 2. The van der Waals surface area contributed by atoms with Gasteiger partial charge in [-0.25, -0.2) is 4.79 Å². The third-order valence-corrected chi connectivity index (χ3v) is 7.35. The lowest BCUT2D eigenvalue weighted by atomic mass is 9.83. The Morgan fingerprint density at radius 3 is 2.69 bits per heavy atom. The number of hydrogen-bond donors (Lipinski definition) is 2. The van der Waals surface area contributed by atoms with E-state index in [0.717, 1.165) is 55.9 Å². The molecule has 4 rings (SSSR count). The molecule has 1 aromatic rings. The molecule has 1 unspecified atom stereocenters. The molecule has 1 aromatic heterocycles. The number of aryl methyl sites for hydroxylation is 1. The molecule has 2 N–H and O–H groups in total. The molecule has 1 fully saturated rings. The summed E-state index contributed by atoms with van der Waals surface area (Å²) in [5, 5.41) is 10.8. The lowest BCUT2D eigenvalue weighted by Crippen LogP contribution is -2.54. The smallest absolute Gasteiger partial charge is 0.322 e. The van der Waals surface area contributed by atoms with Crippen molar-refractivity contribution in [3.8, 4) is 5.75 Å². The number of urea groups is 1. The van der Waals surface area contributed by atoms with Crippen molar-refractivity contribution in [3.63, 3.8) is 0 Å². The van der Waals surface area contributed by atoms with Crippen molar-refractivity contribution in [1.29, 1.82) is 5.41 Å². The zero-order valence-corrected chi connectivity index (χ0v) is 20.1. The summed E-state index contributed by atoms with van der Waals surface area (Å²) in [7, 11) is 0. The van der Waals surface area contributed by atoms with E-state index in [1.54, 1.807) is 0 Å². The van der Waals surface area contributed by atoms with Crippen LogP contribution in [0.25, 0.3) is 5.57 Å². The monoisotopic (exact) mass is 438 g/mol. The van der Waals surface area contributed by atoms with Crippen molar-refractivity contribution in [2.75, 3.05) is 13.1 Å². The van der Waals surface area contributed by atoms with Crippen molar-refractivity contribution in [3.05, 3.63) is 29.6 Å². The predicted octanol–water partition coefficient (Wildman–Crippen LogP) is 5.57. The summed E-state index contributed by atoms with van der Waals surface area (Å²) in [6, 6.07) is 2.07. The quantitative estimate of drug-likeness (QED) is 0.444. The van der Waals surface area contributed by atoms with E-state index in [4.69, 9.17) is 15.1 Å². The summed E-state index contributed by atoms with van der Waals surface area (Å²) >= 11 is 0. The largest absolute Gasteiger partial charge is 0.485 e. The number of allylic oxidation sites excluding steroid dienone is 2. The summed E-state index contributed by atoms with van der Waals surface area (Å²) in [4.78, 5) is 19.2. The van der Waals surface area contributed by atoms with Gasteiger partial charge in [0.1, 0.15) is 17.2 Å². The van der Waals surface area contributed by atoms with Gasteiger partial charge in [-0.3, -0.25) is 15.7 Å². The zero-order valence-electron chi connectivity index (χ0n) is 20.1. The third kappa shape index (κ3) is 5.00. The zero-order chi connectivity index (χ0) is 22.9. The molecule has 1 atom stereocenters. The number of hydrogen-bond acceptors (Lipinski definition) is 4. The molecule has 1 saturated heterocycles. The van der Waals surface area contributed by atoms with E-state index >= 15 is 0 Å². The van der Waals surface area contributed by atoms with E-state index in [2.05, 4.69) is 24.4 Å². The van der Waals surface area contributed by atoms with Gasteiger partial charge in [0.2, 0.25) is 0 Å². The number of rotatable bonds is 1. The van der Waals surface area contributed by atoms with Crippen LogP contribution in [0.5, 0.6) is 5.75 Å². The molecule has 0 bridgehead atoms. The lowest BCUT2D eigenvalue weighted by molar-refractivity contribution is -0.00551. The Bertz CT molecular complexity index is 907. The van der Waals surface area contributed by atoms with Crippen LogP contribution >= 0.6 is 0 Å². The summed E-state index contributed by atoms with van der Waals surface area (Å²) in [6.07, 6.45) is 12.7. The van der Waals surface area contributed by atoms with E-state index in [1.807, 2.05) is 31.9 Å². The summed E-state index contributed by atoms with van der Waals surface area (Å²) in [6.45, 7) is 9.43. The Morgan fingerprint density at radius 2 is 1.97 bits per heavy atom. The molecule has 2 aliphatic heterocycles. The van der Waals surface area contributed by atoms with E-state index in [1.165, 1.54) is 24.0 Å². The average Bonchev–Trinajstić information content (AvgIpc) is 2.97. The summed E-state index contributed by atoms with van der Waals surface area (Å²) in [5.41, 5.74) is 3.20. The first-order valence-corrected chi connectivity index (χ1v) is 12.2. The minimum atomic E-state index is -0.361. The van der Waals surface area contributed by atoms with Crippen LogP contribution in [0, 0.1) is 16.7 Å². The highest BCUT2D eigenvalue weighted by molar-refractivity contribution is 5.98. The number of carbonyl (C=O) groups excluding carboxylic acids is 1. The molecule has 0 aromatic carbocycles. The number of likely N-dealkylation sites (tertiary alicyclic amines) is 1. The number of carbonyl (C=O) groups is 1. The number of aromatic nitrogens is 1. The Labute approximate surface area is 192 Å². The summed E-state index contributed by atoms with van der Waals surface area (Å²) in [5.74, 6) is 1.96. The highest BCUT2D eigenvalue weighted by Crippen LogP contribution is 2.40. The van der Waals surface area contributed by atoms with E-state index < -0.39 is 0 Å². The van der Waals surface area contributed by atoms with Crippen LogP contribution in [0.1, 0.15) is 83.9 Å². The molecule has 32 heavy (non-hydrogen) atoms. The van der Waals surface area contributed by atoms with Crippen LogP contribution in [0.15, 0.2) is 18.3 Å². The van der Waals surface area contributed by atoms with Crippen molar-refractivity contribution >= 4 is 17.4 Å². The standard InChI is InChI=1S/C26H38N4O2/c1-18-6-5-7-19(9-8-18)21-16-20-10-11-26(32-22(20)17-28-21)12-14-30(15-13-26)24(31)29-23(27)25(2,3)4/h7,16-18H,5-6,8-15H2,1-4H3,(H2,27,29,31). The van der Waals surface area contributed by atoms with E-state index in [0.29, 0.717) is 13.1 Å². The maximum atomic E-state index is 12.6. The predicted molar refractivity (Wildman–Crippen MR) is 128 cm³/mol. The number of piperidine rings is 1. The van der Waals surface area contributed by atoms with Crippen LogP contribution in [-0.2, 0) is 6.42 Å². The van der Waals surface area contributed by atoms with Gasteiger partial charge in [-0.1, -0.05) is 33.8 Å². The average molecular weight is 439 g/mol. The second-order valence-corrected chi connectivity index (χ2v) is 11.0. The topological polar surface area (TPSA) is 78.3 Å². The van der Waals surface area contributed by atoms with Crippen LogP contribution in [-0.4, -0.2) is 40.4 Å². The van der Waals surface area contributed by atoms with E-state index in [-0.39, 0.29) is 22.9 Å². The highest BCUT2D eigenvalue weighted by atomic mass is 16.5. The van der Waals surface area contributed by atoms with E-state index in [9.17, 15) is 4.79 Å². The molecule has 2 amide bonds. The van der Waals surface area contributed by atoms with Gasteiger partial charge < -0.3 is 9.64 Å². The van der Waals surface area contributed by atoms with Crippen LogP contribution < -0.4 is 10.1 Å². The fraction of sp³-hybridized carbons (Fsp3) is 0.654. The first kappa shape index (κ1) is 22.8. The molecule has 1 aliphatic carbocycles. The third-order valence-electron chi connectivity index (χ3n) is 7.35. The molecule has 0 saturated carbocycles. The molecule has 6 nitrogen and oxygen atoms in total. The second kappa shape index (κ2) is 8.87. The Balaban J connectivity index is 1.37. The lowest BCUT2D eigenvalue weighted by Gasteiger charge is -2.44. The Morgan fingerprint density at radius 1 is 1.22 bits per heavy atom. The van der Waals surface area contributed by atoms with Crippen molar-refractivity contribution in [2.24, 2.45) is 11.3 Å². The van der Waals surface area contributed by atoms with Crippen molar-refractivity contribution in [1.82, 2.24) is 15.2 Å². The SMILES string of the molecule is CC1CCC=C(c2cc3c(cn2)OC2(CC3)CCN(C(=O)NC(=N)C(C)(C)C)CC2)CC1. The molecule has 3 aliphatic rings. The molecule has 1 spiro atoms. The molecule has 0 radical (unpaired) electrons. The maximum Gasteiger partial charge on any atom is 0.322 e. The van der Waals surface area contributed by atoms with Crippen LogP contribution in [0.2, 0.25) is 0 Å².